The number of phenolic OH excluding ortho intramolecular Hbond substituents is 1. The van der Waals surface area contributed by atoms with Crippen molar-refractivity contribution in [2.45, 2.75) is 0 Å². The number of nitrogens with zero attached hydrogens (tertiary/aromatic N) is 2. The minimum absolute atomic E-state index is 0.133. The number of ether oxygens (including phenoxy) is 2. The fourth-order valence-electron chi connectivity index (χ4n) is 2.90. The highest BCUT2D eigenvalue weighted by atomic mass is 35.5. The summed E-state index contributed by atoms with van der Waals surface area (Å²) in [5, 5.41) is 10.0. The number of fused-ring (bicyclic) bond motifs is 1. The van der Waals surface area contributed by atoms with Gasteiger partial charge in [-0.25, -0.2) is 4.98 Å². The second-order valence-corrected chi connectivity index (χ2v) is 7.36. The van der Waals surface area contributed by atoms with Gasteiger partial charge in [-0.2, -0.15) is 0 Å². The molecule has 28 heavy (non-hydrogen) atoms. The Morgan fingerprint density at radius 1 is 1.18 bits per heavy atom. The number of rotatable bonds is 4. The highest BCUT2D eigenvalue weighted by Crippen LogP contribution is 2.35. The Bertz CT molecular complexity index is 1300. The number of aromatic hydroxyl groups is 1. The van der Waals surface area contributed by atoms with E-state index in [1.165, 1.54) is 22.8 Å². The van der Waals surface area contributed by atoms with Gasteiger partial charge in [0.25, 0.3) is 5.56 Å². The van der Waals surface area contributed by atoms with Gasteiger partial charge in [-0.05, 0) is 35.9 Å². The number of para-hydroxylation sites is 1. The molecule has 0 spiro atoms. The van der Waals surface area contributed by atoms with Gasteiger partial charge in [-0.1, -0.05) is 35.1 Å². The molecule has 0 atom stereocenters. The average Bonchev–Trinajstić information content (AvgIpc) is 3.24. The Hall–Kier alpha value is -3.03. The van der Waals surface area contributed by atoms with Crippen LogP contribution >= 0.6 is 22.9 Å². The van der Waals surface area contributed by atoms with E-state index in [0.29, 0.717) is 26.5 Å². The number of halogens is 1. The molecular weight excluding hydrogens is 400 g/mol. The van der Waals surface area contributed by atoms with Crippen LogP contribution in [0.2, 0.25) is 5.02 Å². The van der Waals surface area contributed by atoms with Crippen molar-refractivity contribution in [3.63, 3.8) is 0 Å². The summed E-state index contributed by atoms with van der Waals surface area (Å²) < 4.78 is 12.5. The first kappa shape index (κ1) is 18.3. The quantitative estimate of drug-likeness (QED) is 0.554. The minimum atomic E-state index is -0.184. The summed E-state index contributed by atoms with van der Waals surface area (Å²) in [6.07, 6.45) is 3.39. The lowest BCUT2D eigenvalue weighted by Crippen LogP contribution is -2.22. The van der Waals surface area contributed by atoms with Crippen LogP contribution in [0.15, 0.2) is 47.4 Å². The van der Waals surface area contributed by atoms with Crippen molar-refractivity contribution in [2.24, 2.45) is 0 Å². The number of aromatic nitrogens is 2. The summed E-state index contributed by atoms with van der Waals surface area (Å²) in [6.45, 7) is 0. The molecule has 0 unspecified atom stereocenters. The van der Waals surface area contributed by atoms with Gasteiger partial charge >= 0.3 is 0 Å². The van der Waals surface area contributed by atoms with Gasteiger partial charge in [0.05, 0.1) is 29.5 Å². The summed E-state index contributed by atoms with van der Waals surface area (Å²) in [7, 11) is 3.03. The number of imidazole rings is 1. The Balaban J connectivity index is 1.82. The first-order valence-corrected chi connectivity index (χ1v) is 9.44. The smallest absolute Gasteiger partial charge is 0.274 e. The van der Waals surface area contributed by atoms with Gasteiger partial charge in [0.2, 0.25) is 0 Å². The summed E-state index contributed by atoms with van der Waals surface area (Å²) >= 11 is 7.29. The zero-order chi connectivity index (χ0) is 19.8. The summed E-state index contributed by atoms with van der Waals surface area (Å²) in [5.74, 6) is 0.801. The third kappa shape index (κ3) is 3.08. The molecule has 0 saturated heterocycles. The lowest BCUT2D eigenvalue weighted by molar-refractivity contribution is 0.373. The largest absolute Gasteiger partial charge is 0.503 e. The van der Waals surface area contributed by atoms with Crippen LogP contribution in [0.25, 0.3) is 22.3 Å². The third-order valence-corrected chi connectivity index (χ3v) is 5.53. The zero-order valence-electron chi connectivity index (χ0n) is 15.0. The van der Waals surface area contributed by atoms with Crippen LogP contribution in [0.1, 0.15) is 5.56 Å². The highest BCUT2D eigenvalue weighted by molar-refractivity contribution is 7.15. The molecule has 0 bridgehead atoms. The maximum absolute atomic E-state index is 12.8. The number of thiazole rings is 1. The van der Waals surface area contributed by atoms with E-state index in [2.05, 4.69) is 4.98 Å². The standard InChI is InChI=1S/C20H15ClN2O4S/c1-26-15-6-4-3-5-12(15)14-10-23-19(25)17(28-20(23)22-14)9-11-7-13(21)18(24)16(8-11)27-2/h3-10,24H,1-2H3. The molecule has 142 valence electrons. The van der Waals surface area contributed by atoms with Crippen molar-refractivity contribution in [1.82, 2.24) is 9.38 Å². The highest BCUT2D eigenvalue weighted by Gasteiger charge is 2.14. The van der Waals surface area contributed by atoms with Gasteiger partial charge < -0.3 is 14.6 Å². The number of hydrogen-bond donors (Lipinski definition) is 1. The first-order chi connectivity index (χ1) is 13.5. The molecule has 2 aromatic carbocycles. The Labute approximate surface area is 168 Å². The molecule has 6 nitrogen and oxygen atoms in total. The lowest BCUT2D eigenvalue weighted by atomic mass is 10.1. The van der Waals surface area contributed by atoms with Gasteiger partial charge in [-0.15, -0.1) is 0 Å². The zero-order valence-corrected chi connectivity index (χ0v) is 16.5. The Morgan fingerprint density at radius 3 is 2.64 bits per heavy atom. The monoisotopic (exact) mass is 414 g/mol. The van der Waals surface area contributed by atoms with Crippen molar-refractivity contribution >= 4 is 34.0 Å². The molecule has 0 amide bonds. The molecule has 2 heterocycles. The fraction of sp³-hybridized carbons (Fsp3) is 0.100. The molecule has 8 heteroatoms. The van der Waals surface area contributed by atoms with Crippen LogP contribution in [0.5, 0.6) is 17.2 Å². The second kappa shape index (κ2) is 7.18. The van der Waals surface area contributed by atoms with Crippen LogP contribution in [-0.4, -0.2) is 28.7 Å². The Morgan fingerprint density at radius 2 is 1.93 bits per heavy atom. The fourth-order valence-corrected chi connectivity index (χ4v) is 4.08. The summed E-state index contributed by atoms with van der Waals surface area (Å²) in [5.41, 5.74) is 1.95. The molecule has 0 aliphatic rings. The molecule has 0 aliphatic carbocycles. The van der Waals surface area contributed by atoms with E-state index in [9.17, 15) is 9.90 Å². The van der Waals surface area contributed by atoms with Crippen LogP contribution in [0, 0.1) is 0 Å². The van der Waals surface area contributed by atoms with Crippen molar-refractivity contribution in [2.75, 3.05) is 14.2 Å². The molecule has 2 aromatic heterocycles. The van der Waals surface area contributed by atoms with Gasteiger partial charge in [0.1, 0.15) is 5.75 Å². The van der Waals surface area contributed by atoms with Crippen molar-refractivity contribution < 1.29 is 14.6 Å². The topological polar surface area (TPSA) is 73.1 Å². The van der Waals surface area contributed by atoms with Crippen LogP contribution in [0.4, 0.5) is 0 Å². The minimum Gasteiger partial charge on any atom is -0.503 e. The molecule has 0 aliphatic heterocycles. The number of benzene rings is 2. The predicted octanol–water partition coefficient (Wildman–Crippen LogP) is 3.35. The maximum Gasteiger partial charge on any atom is 0.274 e. The second-order valence-electron chi connectivity index (χ2n) is 5.95. The van der Waals surface area contributed by atoms with Gasteiger partial charge in [0.15, 0.2) is 16.5 Å². The van der Waals surface area contributed by atoms with Crippen molar-refractivity contribution in [3.05, 3.63) is 68.1 Å². The van der Waals surface area contributed by atoms with Crippen LogP contribution < -0.4 is 19.6 Å². The van der Waals surface area contributed by atoms with E-state index < -0.39 is 0 Å². The molecule has 1 N–H and O–H groups in total. The molecule has 4 rings (SSSR count). The molecule has 0 fully saturated rings. The molecule has 0 saturated carbocycles. The molecule has 0 radical (unpaired) electrons. The maximum atomic E-state index is 12.8. The number of methoxy groups -OCH3 is 2. The first-order valence-electron chi connectivity index (χ1n) is 8.25. The average molecular weight is 415 g/mol. The third-order valence-electron chi connectivity index (χ3n) is 4.26. The van der Waals surface area contributed by atoms with E-state index in [4.69, 9.17) is 21.1 Å². The number of phenols is 1. The van der Waals surface area contributed by atoms with Crippen LogP contribution in [-0.2, 0) is 0 Å². The van der Waals surface area contributed by atoms with Crippen molar-refractivity contribution in [3.8, 4) is 28.5 Å². The van der Waals surface area contributed by atoms with Crippen LogP contribution in [0.3, 0.4) is 0 Å². The Kier molecular flexibility index (Phi) is 4.70. The van der Waals surface area contributed by atoms with E-state index in [-0.39, 0.29) is 22.1 Å². The SMILES string of the molecule is COc1ccccc1-c1cn2c(=O)c(=Cc3cc(Cl)c(O)c(OC)c3)sc2n1. The lowest BCUT2D eigenvalue weighted by Gasteiger charge is -2.05. The van der Waals surface area contributed by atoms with Gasteiger partial charge in [0, 0.05) is 11.8 Å². The van der Waals surface area contributed by atoms with E-state index >= 15 is 0 Å². The van der Waals surface area contributed by atoms with E-state index in [0.717, 1.165) is 5.56 Å². The van der Waals surface area contributed by atoms with E-state index in [1.807, 2.05) is 24.3 Å². The molecule has 4 aromatic rings. The molecular formula is C20H15ClN2O4S. The van der Waals surface area contributed by atoms with Crippen molar-refractivity contribution in [1.29, 1.82) is 0 Å². The summed E-state index contributed by atoms with van der Waals surface area (Å²) in [6, 6.07) is 10.7. The van der Waals surface area contributed by atoms with Gasteiger partial charge in [-0.3, -0.25) is 9.20 Å². The van der Waals surface area contributed by atoms with E-state index in [1.54, 1.807) is 31.5 Å². The summed E-state index contributed by atoms with van der Waals surface area (Å²) in [4.78, 5) is 17.9. The normalized spacial score (nSPS) is 11.9. The predicted molar refractivity (Wildman–Crippen MR) is 110 cm³/mol. The number of hydrogen-bond acceptors (Lipinski definition) is 6.